The van der Waals surface area contributed by atoms with Crippen LogP contribution >= 0.6 is 22.7 Å². The molecule has 1 amide bonds. The molecule has 0 saturated heterocycles. The fourth-order valence-electron chi connectivity index (χ4n) is 1.46. The van der Waals surface area contributed by atoms with Crippen LogP contribution in [0.5, 0.6) is 0 Å². The first-order chi connectivity index (χ1) is 7.68. The molecule has 0 N–H and O–H groups in total. The van der Waals surface area contributed by atoms with Gasteiger partial charge in [-0.2, -0.15) is 11.3 Å². The first-order valence-electron chi connectivity index (χ1n) is 4.99. The van der Waals surface area contributed by atoms with Gasteiger partial charge in [-0.3, -0.25) is 4.79 Å². The number of thiophene rings is 2. The number of rotatable bonds is 3. The van der Waals surface area contributed by atoms with E-state index in [9.17, 15) is 4.79 Å². The molecule has 2 rings (SSSR count). The minimum Gasteiger partial charge on any atom is -0.337 e. The number of carbonyl (C=O) groups is 1. The number of amides is 1. The van der Waals surface area contributed by atoms with Crippen LogP contribution in [0.1, 0.15) is 20.8 Å². The van der Waals surface area contributed by atoms with Crippen molar-refractivity contribution >= 4 is 28.6 Å². The average molecular weight is 251 g/mol. The van der Waals surface area contributed by atoms with Crippen molar-refractivity contribution in [1.82, 2.24) is 4.90 Å². The minimum absolute atomic E-state index is 0.0917. The van der Waals surface area contributed by atoms with Crippen molar-refractivity contribution in [3.05, 3.63) is 44.3 Å². The Morgan fingerprint density at radius 3 is 2.75 bits per heavy atom. The summed E-state index contributed by atoms with van der Waals surface area (Å²) in [5, 5.41) is 5.88. The van der Waals surface area contributed by atoms with Gasteiger partial charge in [-0.25, -0.2) is 0 Å². The quantitative estimate of drug-likeness (QED) is 0.819. The van der Waals surface area contributed by atoms with E-state index in [0.717, 1.165) is 5.56 Å². The first-order valence-corrected chi connectivity index (χ1v) is 6.81. The summed E-state index contributed by atoms with van der Waals surface area (Å²) in [6.45, 7) is 2.77. The Balaban J connectivity index is 2.07. The molecule has 0 fully saturated rings. The van der Waals surface area contributed by atoms with E-state index in [1.165, 1.54) is 10.4 Å². The van der Waals surface area contributed by atoms with E-state index in [-0.39, 0.29) is 5.91 Å². The van der Waals surface area contributed by atoms with Gasteiger partial charge in [0.25, 0.3) is 5.91 Å². The van der Waals surface area contributed by atoms with Gasteiger partial charge in [0.1, 0.15) is 0 Å². The molecule has 0 aliphatic heterocycles. The molecule has 2 heterocycles. The van der Waals surface area contributed by atoms with Crippen LogP contribution in [0.2, 0.25) is 0 Å². The molecule has 0 unspecified atom stereocenters. The Kier molecular flexibility index (Phi) is 3.41. The summed E-state index contributed by atoms with van der Waals surface area (Å²) < 4.78 is 0. The normalized spacial score (nSPS) is 10.4. The molecule has 0 aliphatic rings. The highest BCUT2D eigenvalue weighted by Gasteiger charge is 2.13. The van der Waals surface area contributed by atoms with Crippen molar-refractivity contribution in [2.75, 3.05) is 7.05 Å². The molecule has 2 aromatic rings. The fraction of sp³-hybridized carbons (Fsp3) is 0.250. The van der Waals surface area contributed by atoms with Crippen LogP contribution < -0.4 is 0 Å². The maximum absolute atomic E-state index is 12.0. The lowest BCUT2D eigenvalue weighted by atomic mass is 10.2. The number of hydrogen-bond acceptors (Lipinski definition) is 3. The zero-order valence-corrected chi connectivity index (χ0v) is 10.9. The van der Waals surface area contributed by atoms with E-state index in [1.807, 2.05) is 23.9 Å². The summed E-state index contributed by atoms with van der Waals surface area (Å²) in [5.74, 6) is 0.0917. The topological polar surface area (TPSA) is 20.3 Å². The predicted octanol–water partition coefficient (Wildman–Crippen LogP) is 3.39. The monoisotopic (exact) mass is 251 g/mol. The average Bonchev–Trinajstić information content (AvgIpc) is 2.89. The van der Waals surface area contributed by atoms with E-state index in [4.69, 9.17) is 0 Å². The third-order valence-electron chi connectivity index (χ3n) is 2.46. The molecule has 0 aliphatic carbocycles. The predicted molar refractivity (Wildman–Crippen MR) is 69.2 cm³/mol. The van der Waals surface area contributed by atoms with Crippen molar-refractivity contribution in [2.24, 2.45) is 0 Å². The van der Waals surface area contributed by atoms with Gasteiger partial charge in [-0.05, 0) is 35.4 Å². The first kappa shape index (κ1) is 11.4. The smallest absolute Gasteiger partial charge is 0.254 e. The molecule has 0 saturated carbocycles. The Hall–Kier alpha value is -1.13. The summed E-state index contributed by atoms with van der Waals surface area (Å²) in [5.41, 5.74) is 2.04. The lowest BCUT2D eigenvalue weighted by Crippen LogP contribution is -2.25. The highest BCUT2D eigenvalue weighted by molar-refractivity contribution is 7.10. The molecule has 0 aromatic carbocycles. The van der Waals surface area contributed by atoms with Crippen LogP contribution in [0, 0.1) is 6.92 Å². The third-order valence-corrected chi connectivity index (χ3v) is 4.15. The van der Waals surface area contributed by atoms with Crippen molar-refractivity contribution < 1.29 is 4.79 Å². The minimum atomic E-state index is 0.0917. The van der Waals surface area contributed by atoms with E-state index in [2.05, 4.69) is 18.4 Å². The zero-order valence-electron chi connectivity index (χ0n) is 9.27. The van der Waals surface area contributed by atoms with Crippen LogP contribution in [0.25, 0.3) is 0 Å². The Morgan fingerprint density at radius 1 is 1.38 bits per heavy atom. The summed E-state index contributed by atoms with van der Waals surface area (Å²) in [6, 6.07) is 3.95. The number of hydrogen-bond donors (Lipinski definition) is 0. The zero-order chi connectivity index (χ0) is 11.5. The second-order valence-electron chi connectivity index (χ2n) is 3.70. The number of carbonyl (C=O) groups excluding carboxylic acids is 1. The van der Waals surface area contributed by atoms with Gasteiger partial charge in [0.15, 0.2) is 0 Å². The molecule has 0 spiro atoms. The standard InChI is InChI=1S/C12H13NOS2/c1-9-3-6-16-11(9)7-13(2)12(14)10-4-5-15-8-10/h3-6,8H,7H2,1-2H3. The summed E-state index contributed by atoms with van der Waals surface area (Å²) in [4.78, 5) is 15.0. The fourth-order valence-corrected chi connectivity index (χ4v) is 3.05. The molecule has 0 bridgehead atoms. The van der Waals surface area contributed by atoms with Crippen LogP contribution in [0.15, 0.2) is 28.3 Å². The Bertz CT molecular complexity index is 473. The van der Waals surface area contributed by atoms with Crippen molar-refractivity contribution in [2.45, 2.75) is 13.5 Å². The highest BCUT2D eigenvalue weighted by Crippen LogP contribution is 2.18. The van der Waals surface area contributed by atoms with Crippen molar-refractivity contribution in [3.63, 3.8) is 0 Å². The summed E-state index contributed by atoms with van der Waals surface area (Å²) in [6.07, 6.45) is 0. The van der Waals surface area contributed by atoms with Gasteiger partial charge >= 0.3 is 0 Å². The molecular weight excluding hydrogens is 238 g/mol. The Labute approximate surface area is 103 Å². The lowest BCUT2D eigenvalue weighted by Gasteiger charge is -2.15. The van der Waals surface area contributed by atoms with Gasteiger partial charge in [0.2, 0.25) is 0 Å². The number of nitrogens with zero attached hydrogens (tertiary/aromatic N) is 1. The molecule has 4 heteroatoms. The maximum Gasteiger partial charge on any atom is 0.254 e. The van der Waals surface area contributed by atoms with E-state index in [1.54, 1.807) is 27.6 Å². The molecule has 2 nitrogen and oxygen atoms in total. The van der Waals surface area contributed by atoms with Crippen LogP contribution in [-0.2, 0) is 6.54 Å². The largest absolute Gasteiger partial charge is 0.337 e. The molecule has 84 valence electrons. The van der Waals surface area contributed by atoms with Gasteiger partial charge in [0.05, 0.1) is 12.1 Å². The molecule has 0 radical (unpaired) electrons. The molecular formula is C12H13NOS2. The third kappa shape index (κ3) is 2.33. The maximum atomic E-state index is 12.0. The highest BCUT2D eigenvalue weighted by atomic mass is 32.1. The Morgan fingerprint density at radius 2 is 2.19 bits per heavy atom. The van der Waals surface area contributed by atoms with E-state index < -0.39 is 0 Å². The van der Waals surface area contributed by atoms with Crippen LogP contribution in [0.3, 0.4) is 0 Å². The molecule has 0 atom stereocenters. The second-order valence-corrected chi connectivity index (χ2v) is 5.48. The van der Waals surface area contributed by atoms with E-state index >= 15 is 0 Å². The SMILES string of the molecule is Cc1ccsc1CN(C)C(=O)c1ccsc1. The molecule has 16 heavy (non-hydrogen) atoms. The van der Waals surface area contributed by atoms with Crippen LogP contribution in [0.4, 0.5) is 0 Å². The van der Waals surface area contributed by atoms with Gasteiger partial charge in [0, 0.05) is 17.3 Å². The number of aryl methyl sites for hydroxylation is 1. The van der Waals surface area contributed by atoms with Crippen LogP contribution in [-0.4, -0.2) is 17.9 Å². The van der Waals surface area contributed by atoms with Gasteiger partial charge in [-0.1, -0.05) is 0 Å². The van der Waals surface area contributed by atoms with Crippen molar-refractivity contribution in [1.29, 1.82) is 0 Å². The summed E-state index contributed by atoms with van der Waals surface area (Å²) in [7, 11) is 1.85. The van der Waals surface area contributed by atoms with Gasteiger partial charge < -0.3 is 4.90 Å². The molecule has 2 aromatic heterocycles. The second kappa shape index (κ2) is 4.80. The lowest BCUT2D eigenvalue weighted by molar-refractivity contribution is 0.0787. The van der Waals surface area contributed by atoms with Crippen molar-refractivity contribution in [3.8, 4) is 0 Å². The summed E-state index contributed by atoms with van der Waals surface area (Å²) >= 11 is 3.25. The van der Waals surface area contributed by atoms with Gasteiger partial charge in [-0.15, -0.1) is 11.3 Å². The van der Waals surface area contributed by atoms with E-state index in [0.29, 0.717) is 6.54 Å².